The van der Waals surface area contributed by atoms with Crippen LogP contribution in [0, 0.1) is 20.8 Å². The number of fused-ring (bicyclic) bond motifs is 1. The van der Waals surface area contributed by atoms with Crippen LogP contribution in [-0.2, 0) is 11.4 Å². The monoisotopic (exact) mass is 342 g/mol. The van der Waals surface area contributed by atoms with Gasteiger partial charge in [-0.25, -0.2) is 4.98 Å². The van der Waals surface area contributed by atoms with Gasteiger partial charge in [0.2, 0.25) is 5.95 Å². The van der Waals surface area contributed by atoms with E-state index in [-0.39, 0.29) is 5.56 Å². The van der Waals surface area contributed by atoms with E-state index in [4.69, 9.17) is 9.72 Å². The molecule has 3 rings (SSSR count). The van der Waals surface area contributed by atoms with Crippen molar-refractivity contribution < 1.29 is 4.74 Å². The predicted molar refractivity (Wildman–Crippen MR) is 99.4 cm³/mol. The molecule has 0 spiro atoms. The molecule has 25 heavy (non-hydrogen) atoms. The van der Waals surface area contributed by atoms with E-state index in [1.54, 1.807) is 11.7 Å². The first-order valence-electron chi connectivity index (χ1n) is 8.65. The van der Waals surface area contributed by atoms with Crippen molar-refractivity contribution in [3.8, 4) is 0 Å². The summed E-state index contributed by atoms with van der Waals surface area (Å²) in [6.07, 6.45) is 0.931. The van der Waals surface area contributed by atoms with Crippen LogP contribution in [0.25, 0.3) is 0 Å². The summed E-state index contributed by atoms with van der Waals surface area (Å²) in [5, 5.41) is 0. The van der Waals surface area contributed by atoms with Crippen molar-refractivity contribution in [2.75, 3.05) is 31.8 Å². The molecule has 0 atom stereocenters. The van der Waals surface area contributed by atoms with E-state index in [1.165, 1.54) is 5.56 Å². The van der Waals surface area contributed by atoms with E-state index in [9.17, 15) is 4.79 Å². The number of hydrogen-bond donors (Lipinski definition) is 0. The molecule has 1 aliphatic heterocycles. The number of ether oxygens (including phenoxy) is 1. The Morgan fingerprint density at radius 2 is 1.84 bits per heavy atom. The lowest BCUT2D eigenvalue weighted by atomic mass is 10.2. The van der Waals surface area contributed by atoms with Gasteiger partial charge >= 0.3 is 0 Å². The number of aromatic nitrogens is 2. The summed E-state index contributed by atoms with van der Waals surface area (Å²) in [6.45, 7) is 8.67. The highest BCUT2D eigenvalue weighted by atomic mass is 16.5. The van der Waals surface area contributed by atoms with Gasteiger partial charge in [-0.2, -0.15) is 0 Å². The third-order valence-corrected chi connectivity index (χ3v) is 4.71. The molecular weight excluding hydrogens is 316 g/mol. The smallest absolute Gasteiger partial charge is 0.259 e. The molecule has 134 valence electrons. The maximum atomic E-state index is 12.8. The van der Waals surface area contributed by atoms with Gasteiger partial charge in [0.15, 0.2) is 0 Å². The Labute approximate surface area is 148 Å². The van der Waals surface area contributed by atoms with Gasteiger partial charge in [-0.3, -0.25) is 19.2 Å². The van der Waals surface area contributed by atoms with Crippen LogP contribution >= 0.6 is 0 Å². The van der Waals surface area contributed by atoms with Crippen LogP contribution < -0.4 is 10.5 Å². The van der Waals surface area contributed by atoms with Crippen molar-refractivity contribution in [3.05, 3.63) is 51.4 Å². The summed E-state index contributed by atoms with van der Waals surface area (Å²) in [4.78, 5) is 21.9. The number of aryl methyl sites for hydroxylation is 2. The Balaban J connectivity index is 2.01. The molecule has 0 saturated carbocycles. The molecule has 0 fully saturated rings. The van der Waals surface area contributed by atoms with Crippen molar-refractivity contribution in [1.29, 1.82) is 0 Å². The van der Waals surface area contributed by atoms with Crippen LogP contribution in [0.15, 0.2) is 29.1 Å². The average molecular weight is 342 g/mol. The predicted octanol–water partition coefficient (Wildman–Crippen LogP) is 2.57. The zero-order valence-electron chi connectivity index (χ0n) is 15.5. The molecule has 0 aliphatic carbocycles. The molecule has 1 aliphatic rings. The molecule has 6 nitrogen and oxygen atoms in total. The van der Waals surface area contributed by atoms with E-state index in [1.807, 2.05) is 13.8 Å². The lowest BCUT2D eigenvalue weighted by Gasteiger charge is -2.38. The standard InChI is InChI=1S/C19H26N4O2/c1-14-6-8-17(9-7-14)22-12-21(10-5-11-25-4)13-23-18(24)15(2)16(3)20-19(22)23/h6-9H,5,10-13H2,1-4H3. The number of methoxy groups -OCH3 is 1. The Morgan fingerprint density at radius 3 is 2.52 bits per heavy atom. The Hall–Kier alpha value is -2.18. The van der Waals surface area contributed by atoms with Crippen LogP contribution in [0.2, 0.25) is 0 Å². The van der Waals surface area contributed by atoms with Crippen molar-refractivity contribution in [1.82, 2.24) is 14.5 Å². The minimum atomic E-state index is 0.0380. The SMILES string of the molecule is COCCCN1CN(c2ccc(C)cc2)c2nc(C)c(C)c(=O)n2C1. The lowest BCUT2D eigenvalue weighted by molar-refractivity contribution is 0.150. The highest BCUT2D eigenvalue weighted by Crippen LogP contribution is 2.27. The summed E-state index contributed by atoms with van der Waals surface area (Å²) in [5.74, 6) is 0.722. The molecule has 2 aromatic rings. The van der Waals surface area contributed by atoms with E-state index >= 15 is 0 Å². The fraction of sp³-hybridized carbons (Fsp3) is 0.474. The van der Waals surface area contributed by atoms with Gasteiger partial charge in [-0.1, -0.05) is 17.7 Å². The van der Waals surface area contributed by atoms with Crippen molar-refractivity contribution in [2.45, 2.75) is 33.9 Å². The summed E-state index contributed by atoms with van der Waals surface area (Å²) in [7, 11) is 1.71. The lowest BCUT2D eigenvalue weighted by Crippen LogP contribution is -2.48. The maximum absolute atomic E-state index is 12.8. The fourth-order valence-corrected chi connectivity index (χ4v) is 3.08. The third-order valence-electron chi connectivity index (χ3n) is 4.71. The van der Waals surface area contributed by atoms with Crippen molar-refractivity contribution in [3.63, 3.8) is 0 Å². The first kappa shape index (κ1) is 17.6. The Bertz CT molecular complexity index is 798. The zero-order valence-corrected chi connectivity index (χ0v) is 15.5. The number of rotatable bonds is 5. The molecule has 1 aromatic carbocycles. The van der Waals surface area contributed by atoms with Gasteiger partial charge in [0.1, 0.15) is 0 Å². The second-order valence-electron chi connectivity index (χ2n) is 6.64. The Kier molecular flexibility index (Phi) is 5.20. The normalized spacial score (nSPS) is 14.6. The fourth-order valence-electron chi connectivity index (χ4n) is 3.08. The molecule has 0 amide bonds. The minimum Gasteiger partial charge on any atom is -0.385 e. The quantitative estimate of drug-likeness (QED) is 0.782. The van der Waals surface area contributed by atoms with Crippen LogP contribution in [0.1, 0.15) is 23.2 Å². The summed E-state index contributed by atoms with van der Waals surface area (Å²) in [5.41, 5.74) is 3.80. The number of nitrogens with zero attached hydrogens (tertiary/aromatic N) is 4. The van der Waals surface area contributed by atoms with Crippen LogP contribution in [0.5, 0.6) is 0 Å². The van der Waals surface area contributed by atoms with Gasteiger partial charge in [0, 0.05) is 37.2 Å². The second-order valence-corrected chi connectivity index (χ2v) is 6.64. The Morgan fingerprint density at radius 1 is 1.12 bits per heavy atom. The first-order valence-corrected chi connectivity index (χ1v) is 8.65. The minimum absolute atomic E-state index is 0.0380. The number of benzene rings is 1. The highest BCUT2D eigenvalue weighted by molar-refractivity contribution is 5.58. The highest BCUT2D eigenvalue weighted by Gasteiger charge is 2.26. The molecule has 6 heteroatoms. The van der Waals surface area contributed by atoms with Gasteiger partial charge < -0.3 is 4.74 Å². The maximum Gasteiger partial charge on any atom is 0.259 e. The molecule has 0 bridgehead atoms. The van der Waals surface area contributed by atoms with Crippen LogP contribution in [0.4, 0.5) is 11.6 Å². The van der Waals surface area contributed by atoms with Crippen LogP contribution in [-0.4, -0.2) is 41.4 Å². The molecule has 0 unspecified atom stereocenters. The summed E-state index contributed by atoms with van der Waals surface area (Å²) < 4.78 is 6.94. The molecule has 0 N–H and O–H groups in total. The summed E-state index contributed by atoms with van der Waals surface area (Å²) in [6, 6.07) is 8.34. The molecule has 1 aromatic heterocycles. The first-order chi connectivity index (χ1) is 12.0. The van der Waals surface area contributed by atoms with E-state index in [2.05, 4.69) is 41.0 Å². The van der Waals surface area contributed by atoms with Gasteiger partial charge in [-0.05, 0) is 39.3 Å². The van der Waals surface area contributed by atoms with Crippen molar-refractivity contribution >= 4 is 11.6 Å². The third kappa shape index (κ3) is 3.60. The zero-order chi connectivity index (χ0) is 18.0. The topological polar surface area (TPSA) is 50.6 Å². The molecule has 0 radical (unpaired) electrons. The largest absolute Gasteiger partial charge is 0.385 e. The van der Waals surface area contributed by atoms with Crippen molar-refractivity contribution in [2.24, 2.45) is 0 Å². The van der Waals surface area contributed by atoms with E-state index in [0.717, 1.165) is 30.3 Å². The van der Waals surface area contributed by atoms with E-state index in [0.29, 0.717) is 25.5 Å². The average Bonchev–Trinajstić information content (AvgIpc) is 2.61. The molecule has 0 saturated heterocycles. The second kappa shape index (κ2) is 7.37. The van der Waals surface area contributed by atoms with Gasteiger partial charge in [0.25, 0.3) is 5.56 Å². The van der Waals surface area contributed by atoms with E-state index < -0.39 is 0 Å². The summed E-state index contributed by atoms with van der Waals surface area (Å²) >= 11 is 0. The van der Waals surface area contributed by atoms with Crippen LogP contribution in [0.3, 0.4) is 0 Å². The van der Waals surface area contributed by atoms with Gasteiger partial charge in [-0.15, -0.1) is 0 Å². The van der Waals surface area contributed by atoms with Gasteiger partial charge in [0.05, 0.1) is 13.3 Å². The molecule has 2 heterocycles. The number of anilines is 2. The molecular formula is C19H26N4O2. The number of hydrogen-bond acceptors (Lipinski definition) is 5.